The molecule has 0 saturated carbocycles. The Morgan fingerprint density at radius 2 is 2.25 bits per heavy atom. The van der Waals surface area contributed by atoms with Crippen molar-refractivity contribution < 1.29 is 0 Å². The predicted octanol–water partition coefficient (Wildman–Crippen LogP) is 0.419. The fraction of sp³-hybridized carbons (Fsp3) is 0.333. The van der Waals surface area contributed by atoms with E-state index in [4.69, 9.17) is 5.84 Å². The van der Waals surface area contributed by atoms with E-state index < -0.39 is 0 Å². The molecule has 1 aliphatic heterocycles. The zero-order valence-corrected chi connectivity index (χ0v) is 8.11. The molecule has 1 aromatic carbocycles. The van der Waals surface area contributed by atoms with Crippen LogP contribution in [0.15, 0.2) is 18.2 Å². The Balaban J connectivity index is 2.43. The second-order valence-corrected chi connectivity index (χ2v) is 3.83. The summed E-state index contributed by atoms with van der Waals surface area (Å²) in [6.07, 6.45) is 1.08. The molecule has 1 aromatic rings. The predicted molar refractivity (Wildman–Crippen MR) is 54.1 cm³/mol. The Labute approximate surface area is 74.9 Å². The fourth-order valence-electron chi connectivity index (χ4n) is 1.63. The summed E-state index contributed by atoms with van der Waals surface area (Å²) in [5.74, 6) is 5.74. The van der Waals surface area contributed by atoms with Gasteiger partial charge in [0.2, 0.25) is 0 Å². The average Bonchev–Trinajstić information content (AvgIpc) is 2.07. The molecule has 2 N–H and O–H groups in total. The Kier molecular flexibility index (Phi) is 2.14. The minimum atomic E-state index is 0.884. The molecule has 0 aromatic heterocycles. The zero-order valence-electron chi connectivity index (χ0n) is 6.96. The van der Waals surface area contributed by atoms with Gasteiger partial charge in [0.1, 0.15) is 0 Å². The molecule has 0 radical (unpaired) electrons. The van der Waals surface area contributed by atoms with E-state index in [0.29, 0.717) is 0 Å². The molecule has 1 unspecified atom stereocenters. The van der Waals surface area contributed by atoms with Crippen molar-refractivity contribution >= 4 is 14.5 Å². The van der Waals surface area contributed by atoms with Gasteiger partial charge in [-0.1, -0.05) is 18.2 Å². The van der Waals surface area contributed by atoms with Gasteiger partial charge in [-0.05, 0) is 22.9 Å². The molecule has 12 heavy (non-hydrogen) atoms. The lowest BCUT2D eigenvalue weighted by atomic mass is 10.0. The first-order valence-corrected chi connectivity index (χ1v) is 4.71. The maximum Gasteiger partial charge on any atom is 0.0388 e. The molecule has 1 heterocycles. The van der Waals surface area contributed by atoms with Crippen molar-refractivity contribution in [3.05, 3.63) is 29.3 Å². The minimum absolute atomic E-state index is 0.884. The number of hydrogen-bond donors (Lipinski definition) is 1. The van der Waals surface area contributed by atoms with Gasteiger partial charge < -0.3 is 0 Å². The van der Waals surface area contributed by atoms with E-state index in [1.54, 1.807) is 0 Å². The molecule has 1 atom stereocenters. The first-order valence-electron chi connectivity index (χ1n) is 4.13. The molecule has 2 rings (SSSR count). The van der Waals surface area contributed by atoms with Crippen molar-refractivity contribution in [3.8, 4) is 0 Å². The van der Waals surface area contributed by atoms with E-state index in [9.17, 15) is 0 Å². The maximum absolute atomic E-state index is 5.74. The molecule has 2 nitrogen and oxygen atoms in total. The van der Waals surface area contributed by atoms with Crippen LogP contribution in [0.5, 0.6) is 0 Å². The highest BCUT2D eigenvalue weighted by Crippen LogP contribution is 2.16. The van der Waals surface area contributed by atoms with Crippen LogP contribution in [0.25, 0.3) is 0 Å². The summed E-state index contributed by atoms with van der Waals surface area (Å²) in [6, 6.07) is 6.41. The van der Waals surface area contributed by atoms with Crippen LogP contribution in [0, 0.1) is 0 Å². The van der Waals surface area contributed by atoms with E-state index in [-0.39, 0.29) is 0 Å². The summed E-state index contributed by atoms with van der Waals surface area (Å²) >= 11 is 0. The van der Waals surface area contributed by atoms with Crippen LogP contribution in [0.2, 0.25) is 0 Å². The normalized spacial score (nSPS) is 17.5. The number of hydrogen-bond acceptors (Lipinski definition) is 2. The van der Waals surface area contributed by atoms with E-state index in [1.165, 1.54) is 16.4 Å². The molecule has 0 bridgehead atoms. The smallest absolute Gasteiger partial charge is 0.0388 e. The third-order valence-electron chi connectivity index (χ3n) is 2.34. The lowest BCUT2D eigenvalue weighted by Gasteiger charge is -2.25. The van der Waals surface area contributed by atoms with Gasteiger partial charge in [-0.15, -0.1) is 9.24 Å². The molecular formula is C9H13N2P. The summed E-state index contributed by atoms with van der Waals surface area (Å²) in [5, 5.41) is 3.15. The van der Waals surface area contributed by atoms with Crippen LogP contribution in [0.4, 0.5) is 0 Å². The molecule has 1 aliphatic rings. The first kappa shape index (κ1) is 8.18. The Morgan fingerprint density at radius 1 is 1.42 bits per heavy atom. The van der Waals surface area contributed by atoms with Crippen LogP contribution in [-0.2, 0) is 13.0 Å². The monoisotopic (exact) mass is 180 g/mol. The number of benzene rings is 1. The van der Waals surface area contributed by atoms with Crippen molar-refractivity contribution in [1.29, 1.82) is 0 Å². The number of nitrogens with two attached hydrogens (primary N) is 1. The highest BCUT2D eigenvalue weighted by Gasteiger charge is 2.14. The number of fused-ring (bicyclic) bond motifs is 1. The summed E-state index contributed by atoms with van der Waals surface area (Å²) in [6.45, 7) is 1.86. The second-order valence-electron chi connectivity index (χ2n) is 3.21. The molecular weight excluding hydrogens is 167 g/mol. The summed E-state index contributed by atoms with van der Waals surface area (Å²) < 4.78 is 0. The van der Waals surface area contributed by atoms with Crippen molar-refractivity contribution in [1.82, 2.24) is 5.01 Å². The van der Waals surface area contributed by atoms with Crippen molar-refractivity contribution in [2.75, 3.05) is 6.54 Å². The molecule has 0 amide bonds. The first-order chi connectivity index (χ1) is 5.77. The number of nitrogens with zero attached hydrogens (tertiary/aromatic N) is 1. The highest BCUT2D eigenvalue weighted by atomic mass is 31.0. The van der Waals surface area contributed by atoms with Crippen molar-refractivity contribution in [2.45, 2.75) is 13.0 Å². The van der Waals surface area contributed by atoms with Gasteiger partial charge in [-0.2, -0.15) is 0 Å². The lowest BCUT2D eigenvalue weighted by Crippen LogP contribution is -2.37. The third kappa shape index (κ3) is 1.38. The van der Waals surface area contributed by atoms with E-state index >= 15 is 0 Å². The third-order valence-corrected chi connectivity index (χ3v) is 2.88. The average molecular weight is 180 g/mol. The Hall–Kier alpha value is -0.430. The fourth-order valence-corrected chi connectivity index (χ4v) is 2.02. The summed E-state index contributed by atoms with van der Waals surface area (Å²) in [4.78, 5) is 0. The van der Waals surface area contributed by atoms with E-state index in [1.807, 2.05) is 5.01 Å². The SMILES string of the molecule is NN1CCc2cccc(P)c2C1. The van der Waals surface area contributed by atoms with Gasteiger partial charge >= 0.3 is 0 Å². The van der Waals surface area contributed by atoms with Gasteiger partial charge in [-0.3, -0.25) is 5.84 Å². The van der Waals surface area contributed by atoms with Crippen LogP contribution in [0.1, 0.15) is 11.1 Å². The highest BCUT2D eigenvalue weighted by molar-refractivity contribution is 7.27. The van der Waals surface area contributed by atoms with Crippen LogP contribution < -0.4 is 11.1 Å². The molecule has 0 saturated heterocycles. The largest absolute Gasteiger partial charge is 0.268 e. The van der Waals surface area contributed by atoms with Crippen LogP contribution in [0.3, 0.4) is 0 Å². The Morgan fingerprint density at radius 3 is 3.08 bits per heavy atom. The molecule has 0 fully saturated rings. The minimum Gasteiger partial charge on any atom is -0.268 e. The van der Waals surface area contributed by atoms with Gasteiger partial charge in [0, 0.05) is 13.1 Å². The molecule has 3 heteroatoms. The standard InChI is InChI=1S/C9H13N2P/c10-11-5-4-7-2-1-3-9(12)8(7)6-11/h1-3H,4-6,10,12H2. The van der Waals surface area contributed by atoms with Crippen LogP contribution >= 0.6 is 9.24 Å². The zero-order chi connectivity index (χ0) is 8.55. The van der Waals surface area contributed by atoms with Crippen molar-refractivity contribution in [2.24, 2.45) is 5.84 Å². The van der Waals surface area contributed by atoms with Crippen molar-refractivity contribution in [3.63, 3.8) is 0 Å². The molecule has 0 spiro atoms. The maximum atomic E-state index is 5.74. The number of rotatable bonds is 0. The summed E-state index contributed by atoms with van der Waals surface area (Å²) in [5.41, 5.74) is 2.83. The molecule has 64 valence electrons. The second kappa shape index (κ2) is 3.14. The van der Waals surface area contributed by atoms with Gasteiger partial charge in [0.25, 0.3) is 0 Å². The van der Waals surface area contributed by atoms with Crippen LogP contribution in [-0.4, -0.2) is 11.6 Å². The Bertz CT molecular complexity index is 299. The lowest BCUT2D eigenvalue weighted by molar-refractivity contribution is 0.264. The van der Waals surface area contributed by atoms with E-state index in [2.05, 4.69) is 27.4 Å². The molecule has 0 aliphatic carbocycles. The van der Waals surface area contributed by atoms with E-state index in [0.717, 1.165) is 19.5 Å². The van der Waals surface area contributed by atoms with Gasteiger partial charge in [-0.25, -0.2) is 5.01 Å². The summed E-state index contributed by atoms with van der Waals surface area (Å²) in [7, 11) is 2.76. The van der Waals surface area contributed by atoms with Gasteiger partial charge in [0.05, 0.1) is 0 Å². The number of hydrazine groups is 1. The van der Waals surface area contributed by atoms with Gasteiger partial charge in [0.15, 0.2) is 0 Å². The quantitative estimate of drug-likeness (QED) is 0.463. The topological polar surface area (TPSA) is 29.3 Å².